The van der Waals surface area contributed by atoms with Crippen molar-refractivity contribution >= 4 is 54.0 Å². The Hall–Kier alpha value is -4.24. The minimum Gasteiger partial charge on any atom is -0.134 e. The highest BCUT2D eigenvalue weighted by Crippen LogP contribution is 2.54. The molecule has 44 heavy (non-hydrogen) atoms. The summed E-state index contributed by atoms with van der Waals surface area (Å²) in [4.78, 5) is 2.85. The number of hydrogen-bond acceptors (Lipinski definition) is 2. The van der Waals surface area contributed by atoms with E-state index in [1.165, 1.54) is 118 Å². The molecule has 0 saturated carbocycles. The summed E-state index contributed by atoms with van der Waals surface area (Å²) >= 11 is 3.94. The van der Waals surface area contributed by atoms with Gasteiger partial charge in [-0.2, -0.15) is 0 Å². The van der Waals surface area contributed by atoms with Crippen LogP contribution in [0.4, 0.5) is 0 Å². The van der Waals surface area contributed by atoms with Crippen molar-refractivity contribution < 1.29 is 0 Å². The zero-order valence-electron chi connectivity index (χ0n) is 25.9. The summed E-state index contributed by atoms with van der Waals surface area (Å²) in [5.74, 6) is 0. The standard InChI is InChI=1S/C42H32S2/c1-21-17-23(3)33(24(4)18-21)35-29-15-16-30-36(34-25(5)19-22(2)20-26(34)6)38-28-12-8-10-14-32(28)44-42(38)40(30)39(29)41-37(35)27-11-7-9-13-31(27)43-41/h7-20H,1-6H3. The van der Waals surface area contributed by atoms with Crippen LogP contribution in [0.15, 0.2) is 84.9 Å². The molecule has 0 amide bonds. The number of fused-ring (bicyclic) bond motifs is 11. The first-order chi connectivity index (χ1) is 21.3. The predicted molar refractivity (Wildman–Crippen MR) is 192 cm³/mol. The average Bonchev–Trinajstić information content (AvgIpc) is 3.70. The summed E-state index contributed by atoms with van der Waals surface area (Å²) in [5, 5.41) is 5.51. The van der Waals surface area contributed by atoms with Crippen molar-refractivity contribution in [2.75, 3.05) is 0 Å². The minimum atomic E-state index is 1.32. The van der Waals surface area contributed by atoms with Gasteiger partial charge in [0.25, 0.3) is 0 Å². The molecule has 0 spiro atoms. The second-order valence-corrected chi connectivity index (χ2v) is 14.9. The van der Waals surface area contributed by atoms with Crippen LogP contribution in [0.25, 0.3) is 52.2 Å². The fourth-order valence-corrected chi connectivity index (χ4v) is 10.9. The molecule has 212 valence electrons. The molecule has 0 bridgehead atoms. The van der Waals surface area contributed by atoms with Crippen LogP contribution in [0.1, 0.15) is 55.6 Å². The Bertz CT molecular complexity index is 2320. The lowest BCUT2D eigenvalue weighted by atomic mass is 9.89. The maximum atomic E-state index is 2.45. The molecule has 0 unspecified atom stereocenters. The van der Waals surface area contributed by atoms with E-state index in [1.807, 2.05) is 22.7 Å². The van der Waals surface area contributed by atoms with Gasteiger partial charge in [-0.3, -0.25) is 0 Å². The lowest BCUT2D eigenvalue weighted by molar-refractivity contribution is 1.28. The molecule has 2 heterocycles. The predicted octanol–water partition coefficient (Wildman–Crippen LogP) is 10.4. The highest BCUT2D eigenvalue weighted by atomic mass is 32.1. The van der Waals surface area contributed by atoms with Gasteiger partial charge in [0.2, 0.25) is 0 Å². The largest absolute Gasteiger partial charge is 0.134 e. The Morgan fingerprint density at radius 3 is 1.14 bits per heavy atom. The highest BCUT2D eigenvalue weighted by Gasteiger charge is 2.35. The number of thiophene rings is 2. The summed E-state index contributed by atoms with van der Waals surface area (Å²) in [6, 6.07) is 32.4. The molecule has 0 atom stereocenters. The molecule has 9 rings (SSSR count). The van der Waals surface area contributed by atoms with Crippen LogP contribution in [0, 0.1) is 41.5 Å². The van der Waals surface area contributed by atoms with Gasteiger partial charge in [0.15, 0.2) is 0 Å². The molecule has 0 nitrogen and oxygen atoms in total. The van der Waals surface area contributed by atoms with Crippen molar-refractivity contribution in [1.29, 1.82) is 0 Å². The quantitative estimate of drug-likeness (QED) is 0.185. The van der Waals surface area contributed by atoms with E-state index in [-0.39, 0.29) is 0 Å². The lowest BCUT2D eigenvalue weighted by Gasteiger charge is -2.14. The van der Waals surface area contributed by atoms with Gasteiger partial charge < -0.3 is 0 Å². The zero-order valence-corrected chi connectivity index (χ0v) is 27.5. The van der Waals surface area contributed by atoms with Crippen LogP contribution in [0.5, 0.6) is 0 Å². The molecule has 2 aliphatic carbocycles. The van der Waals surface area contributed by atoms with Gasteiger partial charge in [-0.1, -0.05) is 83.9 Å². The molecule has 0 N–H and O–H groups in total. The molecule has 0 aliphatic heterocycles. The number of hydrogen-bond donors (Lipinski definition) is 0. The summed E-state index contributed by atoms with van der Waals surface area (Å²) in [5.41, 5.74) is 19.4. The highest BCUT2D eigenvalue weighted by molar-refractivity contribution is 7.24. The van der Waals surface area contributed by atoms with E-state index in [2.05, 4.69) is 126 Å². The monoisotopic (exact) mass is 600 g/mol. The third-order valence-corrected chi connectivity index (χ3v) is 12.1. The molecule has 7 aromatic rings. The van der Waals surface area contributed by atoms with Crippen LogP contribution >= 0.6 is 22.7 Å². The molecule has 0 fully saturated rings. The SMILES string of the molecule is Cc1cc(C)c(C2=c3ccc4c(c3-c3sc5ccccc5c32)-c2sc3ccccc3c2C=4c2c(C)cc(C)cc2C)c(C)c1. The van der Waals surface area contributed by atoms with E-state index >= 15 is 0 Å². The Morgan fingerprint density at radius 1 is 0.386 bits per heavy atom. The van der Waals surface area contributed by atoms with Crippen LogP contribution in [-0.4, -0.2) is 0 Å². The molecule has 0 radical (unpaired) electrons. The molecule has 0 saturated heterocycles. The topological polar surface area (TPSA) is 0 Å². The van der Waals surface area contributed by atoms with Crippen LogP contribution in [0.3, 0.4) is 0 Å². The fourth-order valence-electron chi connectivity index (χ4n) is 8.37. The van der Waals surface area contributed by atoms with Crippen LogP contribution in [0.2, 0.25) is 0 Å². The average molecular weight is 601 g/mol. The van der Waals surface area contributed by atoms with E-state index in [1.54, 1.807) is 0 Å². The molecule has 2 aromatic heterocycles. The molecule has 5 aromatic carbocycles. The summed E-state index contributed by atoms with van der Waals surface area (Å²) in [7, 11) is 0. The third kappa shape index (κ3) is 3.39. The normalized spacial score (nSPS) is 13.1. The second-order valence-electron chi connectivity index (χ2n) is 12.8. The van der Waals surface area contributed by atoms with E-state index in [0.717, 1.165) is 0 Å². The lowest BCUT2D eigenvalue weighted by Crippen LogP contribution is -2.16. The zero-order chi connectivity index (χ0) is 30.0. The van der Waals surface area contributed by atoms with Gasteiger partial charge in [-0.15, -0.1) is 22.7 Å². The fraction of sp³-hybridized carbons (Fsp3) is 0.143. The molecule has 2 heteroatoms. The molecule has 2 aliphatic rings. The van der Waals surface area contributed by atoms with Gasteiger partial charge in [0.05, 0.1) is 0 Å². The first-order valence-electron chi connectivity index (χ1n) is 15.4. The third-order valence-electron chi connectivity index (χ3n) is 9.74. The number of aryl methyl sites for hydroxylation is 6. The molecular formula is C42H32S2. The Balaban J connectivity index is 1.52. The van der Waals surface area contributed by atoms with Gasteiger partial charge in [0, 0.05) is 52.2 Å². The van der Waals surface area contributed by atoms with Gasteiger partial charge in [0.1, 0.15) is 0 Å². The smallest absolute Gasteiger partial charge is 0.0447 e. The maximum absolute atomic E-state index is 2.45. The Kier molecular flexibility index (Phi) is 5.44. The van der Waals surface area contributed by atoms with E-state index < -0.39 is 0 Å². The maximum Gasteiger partial charge on any atom is 0.0447 e. The van der Waals surface area contributed by atoms with Crippen molar-refractivity contribution in [3.63, 3.8) is 0 Å². The number of rotatable bonds is 2. The van der Waals surface area contributed by atoms with Crippen LogP contribution in [-0.2, 0) is 0 Å². The first-order valence-corrected chi connectivity index (χ1v) is 17.1. The van der Waals surface area contributed by atoms with Crippen LogP contribution < -0.4 is 10.4 Å². The first kappa shape index (κ1) is 26.2. The summed E-state index contributed by atoms with van der Waals surface area (Å²) < 4.78 is 2.73. The van der Waals surface area contributed by atoms with Crippen molar-refractivity contribution in [2.24, 2.45) is 0 Å². The number of benzene rings is 5. The minimum absolute atomic E-state index is 1.32. The second kappa shape index (κ2) is 9.14. The Labute approximate surface area is 266 Å². The summed E-state index contributed by atoms with van der Waals surface area (Å²) in [6.07, 6.45) is 0. The van der Waals surface area contributed by atoms with E-state index in [9.17, 15) is 0 Å². The van der Waals surface area contributed by atoms with Crippen molar-refractivity contribution in [1.82, 2.24) is 0 Å². The van der Waals surface area contributed by atoms with Gasteiger partial charge in [-0.25, -0.2) is 0 Å². The van der Waals surface area contributed by atoms with E-state index in [4.69, 9.17) is 0 Å². The Morgan fingerprint density at radius 2 is 0.750 bits per heavy atom. The van der Waals surface area contributed by atoms with Gasteiger partial charge >= 0.3 is 0 Å². The van der Waals surface area contributed by atoms with E-state index in [0.29, 0.717) is 0 Å². The molecular weight excluding hydrogens is 569 g/mol. The van der Waals surface area contributed by atoms with Crippen molar-refractivity contribution in [3.8, 4) is 20.9 Å². The summed E-state index contributed by atoms with van der Waals surface area (Å²) in [6.45, 7) is 13.6. The van der Waals surface area contributed by atoms with Crippen molar-refractivity contribution in [2.45, 2.75) is 41.5 Å². The van der Waals surface area contributed by atoms with Crippen molar-refractivity contribution in [3.05, 3.63) is 151 Å². The van der Waals surface area contributed by atoms with Gasteiger partial charge in [-0.05, 0) is 109 Å².